The zero-order chi connectivity index (χ0) is 18.7. The first-order valence-electron chi connectivity index (χ1n) is 9.00. The van der Waals surface area contributed by atoms with Crippen LogP contribution in [0.5, 0.6) is 0 Å². The quantitative estimate of drug-likeness (QED) is 0.787. The maximum absolute atomic E-state index is 12.4. The van der Waals surface area contributed by atoms with Crippen molar-refractivity contribution < 1.29 is 9.53 Å². The Labute approximate surface area is 159 Å². The molecule has 2 aromatic rings. The van der Waals surface area contributed by atoms with Crippen molar-refractivity contribution in [3.8, 4) is 11.4 Å². The molecule has 26 heavy (non-hydrogen) atoms. The SMILES string of the molecule is Cc1ccc(-c2n[nH]c(=S)n2CCC(=O)NC2CCOC(C)(C)C2)cc1. The molecule has 1 aliphatic heterocycles. The van der Waals surface area contributed by atoms with Crippen LogP contribution in [0, 0.1) is 11.7 Å². The van der Waals surface area contributed by atoms with Gasteiger partial charge in [-0.15, -0.1) is 0 Å². The Morgan fingerprint density at radius 1 is 1.42 bits per heavy atom. The highest BCUT2D eigenvalue weighted by molar-refractivity contribution is 7.71. The third kappa shape index (κ3) is 4.59. The predicted octanol–water partition coefficient (Wildman–Crippen LogP) is 3.38. The van der Waals surface area contributed by atoms with E-state index in [4.69, 9.17) is 17.0 Å². The fourth-order valence-corrected chi connectivity index (χ4v) is 3.54. The van der Waals surface area contributed by atoms with E-state index in [9.17, 15) is 4.79 Å². The molecule has 1 atom stereocenters. The molecule has 1 amide bonds. The van der Waals surface area contributed by atoms with E-state index in [1.54, 1.807) is 0 Å². The summed E-state index contributed by atoms with van der Waals surface area (Å²) in [6.45, 7) is 7.34. The fourth-order valence-electron chi connectivity index (χ4n) is 3.32. The van der Waals surface area contributed by atoms with Crippen LogP contribution in [0.2, 0.25) is 0 Å². The Balaban J connectivity index is 1.63. The van der Waals surface area contributed by atoms with E-state index in [0.29, 0.717) is 24.3 Å². The second-order valence-electron chi connectivity index (χ2n) is 7.49. The third-order valence-electron chi connectivity index (χ3n) is 4.69. The van der Waals surface area contributed by atoms with E-state index in [1.807, 2.05) is 35.8 Å². The van der Waals surface area contributed by atoms with Crippen molar-refractivity contribution in [3.05, 3.63) is 34.6 Å². The van der Waals surface area contributed by atoms with Gasteiger partial charge >= 0.3 is 0 Å². The minimum Gasteiger partial charge on any atom is -0.375 e. The van der Waals surface area contributed by atoms with Crippen molar-refractivity contribution in [3.63, 3.8) is 0 Å². The normalized spacial score (nSPS) is 19.3. The van der Waals surface area contributed by atoms with Gasteiger partial charge in [0.2, 0.25) is 5.91 Å². The Morgan fingerprint density at radius 2 is 2.15 bits per heavy atom. The molecule has 3 rings (SSSR count). The summed E-state index contributed by atoms with van der Waals surface area (Å²) in [5.74, 6) is 0.792. The van der Waals surface area contributed by atoms with Gasteiger partial charge in [-0.3, -0.25) is 14.5 Å². The van der Waals surface area contributed by atoms with Gasteiger partial charge in [0.1, 0.15) is 0 Å². The van der Waals surface area contributed by atoms with E-state index >= 15 is 0 Å². The number of ether oxygens (including phenoxy) is 1. The molecule has 1 unspecified atom stereocenters. The lowest BCUT2D eigenvalue weighted by atomic mass is 9.94. The van der Waals surface area contributed by atoms with E-state index < -0.39 is 0 Å². The number of aromatic nitrogens is 3. The smallest absolute Gasteiger partial charge is 0.222 e. The molecule has 6 nitrogen and oxygen atoms in total. The minimum absolute atomic E-state index is 0.0330. The van der Waals surface area contributed by atoms with Gasteiger partial charge in [0.05, 0.1) is 5.60 Å². The third-order valence-corrected chi connectivity index (χ3v) is 5.00. The molecule has 1 fully saturated rings. The van der Waals surface area contributed by atoms with Crippen LogP contribution < -0.4 is 5.32 Å². The van der Waals surface area contributed by atoms with Crippen LogP contribution in [-0.2, 0) is 16.1 Å². The lowest BCUT2D eigenvalue weighted by Gasteiger charge is -2.35. The monoisotopic (exact) mass is 374 g/mol. The van der Waals surface area contributed by atoms with E-state index in [-0.39, 0.29) is 17.6 Å². The summed E-state index contributed by atoms with van der Waals surface area (Å²) in [5.41, 5.74) is 1.99. The molecule has 1 aromatic carbocycles. The molecule has 1 aromatic heterocycles. The molecule has 1 saturated heterocycles. The number of amides is 1. The van der Waals surface area contributed by atoms with Crippen molar-refractivity contribution in [2.45, 2.75) is 58.2 Å². The van der Waals surface area contributed by atoms with Gasteiger partial charge in [0.25, 0.3) is 0 Å². The number of carbonyl (C=O) groups excluding carboxylic acids is 1. The van der Waals surface area contributed by atoms with Crippen LogP contribution in [-0.4, -0.2) is 38.9 Å². The highest BCUT2D eigenvalue weighted by Gasteiger charge is 2.29. The van der Waals surface area contributed by atoms with Crippen molar-refractivity contribution in [2.75, 3.05) is 6.61 Å². The van der Waals surface area contributed by atoms with Crippen LogP contribution >= 0.6 is 12.2 Å². The highest BCUT2D eigenvalue weighted by Crippen LogP contribution is 2.24. The minimum atomic E-state index is -0.179. The first-order valence-corrected chi connectivity index (χ1v) is 9.40. The first kappa shape index (κ1) is 18.8. The maximum Gasteiger partial charge on any atom is 0.222 e. The van der Waals surface area contributed by atoms with Crippen molar-refractivity contribution in [2.24, 2.45) is 0 Å². The van der Waals surface area contributed by atoms with E-state index in [1.165, 1.54) is 5.56 Å². The summed E-state index contributed by atoms with van der Waals surface area (Å²) in [5, 5.41) is 10.3. The number of aryl methyl sites for hydroxylation is 1. The molecule has 1 aliphatic rings. The molecule has 0 spiro atoms. The molecule has 0 saturated carbocycles. The van der Waals surface area contributed by atoms with Gasteiger partial charge in [-0.05, 0) is 45.8 Å². The summed E-state index contributed by atoms with van der Waals surface area (Å²) in [7, 11) is 0. The Morgan fingerprint density at radius 3 is 2.85 bits per heavy atom. The van der Waals surface area contributed by atoms with Crippen molar-refractivity contribution >= 4 is 18.1 Å². The second-order valence-corrected chi connectivity index (χ2v) is 7.87. The van der Waals surface area contributed by atoms with Gasteiger partial charge in [0, 0.05) is 31.2 Å². The maximum atomic E-state index is 12.4. The standard InChI is InChI=1S/C19H26N4O2S/c1-13-4-6-14(7-5-13)17-21-22-18(26)23(17)10-8-16(24)20-15-9-11-25-19(2,3)12-15/h4-7,15H,8-12H2,1-3H3,(H,20,24)(H,22,26). The molecule has 0 aliphatic carbocycles. The van der Waals surface area contributed by atoms with Gasteiger partial charge in [-0.25, -0.2) is 0 Å². The van der Waals surface area contributed by atoms with E-state index in [0.717, 1.165) is 24.2 Å². The average molecular weight is 375 g/mol. The van der Waals surface area contributed by atoms with Crippen LogP contribution in [0.1, 0.15) is 38.7 Å². The fraction of sp³-hybridized carbons (Fsp3) is 0.526. The number of nitrogens with zero attached hydrogens (tertiary/aromatic N) is 2. The summed E-state index contributed by atoms with van der Waals surface area (Å²) < 4.78 is 8.11. The van der Waals surface area contributed by atoms with Crippen molar-refractivity contribution in [1.82, 2.24) is 20.1 Å². The Bertz CT molecular complexity index is 823. The summed E-state index contributed by atoms with van der Waals surface area (Å²) in [6, 6.07) is 8.27. The zero-order valence-corrected chi connectivity index (χ0v) is 16.4. The van der Waals surface area contributed by atoms with Crippen LogP contribution in [0.3, 0.4) is 0 Å². The number of hydrogen-bond donors (Lipinski definition) is 2. The summed E-state index contributed by atoms with van der Waals surface area (Å²) >= 11 is 5.34. The molecular weight excluding hydrogens is 348 g/mol. The van der Waals surface area contributed by atoms with Crippen LogP contribution in [0.25, 0.3) is 11.4 Å². The van der Waals surface area contributed by atoms with Gasteiger partial charge in [-0.1, -0.05) is 29.8 Å². The largest absolute Gasteiger partial charge is 0.375 e. The number of rotatable bonds is 5. The predicted molar refractivity (Wildman–Crippen MR) is 103 cm³/mol. The topological polar surface area (TPSA) is 71.9 Å². The zero-order valence-electron chi connectivity index (χ0n) is 15.5. The van der Waals surface area contributed by atoms with E-state index in [2.05, 4.69) is 29.4 Å². The van der Waals surface area contributed by atoms with Gasteiger partial charge in [0.15, 0.2) is 10.6 Å². The van der Waals surface area contributed by atoms with Gasteiger partial charge < -0.3 is 10.1 Å². The Hall–Kier alpha value is -1.99. The van der Waals surface area contributed by atoms with Crippen LogP contribution in [0.4, 0.5) is 0 Å². The number of nitrogens with one attached hydrogen (secondary N) is 2. The molecule has 0 bridgehead atoms. The molecule has 2 N–H and O–H groups in total. The molecular formula is C19H26N4O2S. The summed E-state index contributed by atoms with van der Waals surface area (Å²) in [6.07, 6.45) is 2.05. The molecule has 7 heteroatoms. The van der Waals surface area contributed by atoms with Crippen LogP contribution in [0.15, 0.2) is 24.3 Å². The second kappa shape index (κ2) is 7.72. The highest BCUT2D eigenvalue weighted by atomic mass is 32.1. The summed E-state index contributed by atoms with van der Waals surface area (Å²) in [4.78, 5) is 12.4. The van der Waals surface area contributed by atoms with Gasteiger partial charge in [-0.2, -0.15) is 5.10 Å². The number of hydrogen-bond acceptors (Lipinski definition) is 4. The number of benzene rings is 1. The number of H-pyrrole nitrogens is 1. The number of aromatic amines is 1. The lowest BCUT2D eigenvalue weighted by molar-refractivity contribution is -0.124. The molecule has 0 radical (unpaired) electrons. The number of carbonyl (C=O) groups is 1. The first-order chi connectivity index (χ1) is 12.3. The average Bonchev–Trinajstić information content (AvgIpc) is 2.93. The molecule has 2 heterocycles. The lowest BCUT2D eigenvalue weighted by Crippen LogP contribution is -2.45. The molecule has 140 valence electrons. The Kier molecular flexibility index (Phi) is 5.58. The van der Waals surface area contributed by atoms with Crippen molar-refractivity contribution in [1.29, 1.82) is 0 Å².